The van der Waals surface area contributed by atoms with Gasteiger partial charge >= 0.3 is 0 Å². The first-order valence-electron chi connectivity index (χ1n) is 9.73. The number of benzene rings is 1. The predicted octanol–water partition coefficient (Wildman–Crippen LogP) is 3.84. The molecule has 1 amide bonds. The number of carbonyl (C=O) groups excluding carboxylic acids is 1. The largest absolute Gasteiger partial charge is 0.372 e. The van der Waals surface area contributed by atoms with E-state index in [9.17, 15) is 4.79 Å². The molecule has 1 aliphatic heterocycles. The topological polar surface area (TPSA) is 70.2 Å². The molecule has 1 aromatic carbocycles. The summed E-state index contributed by atoms with van der Waals surface area (Å²) >= 11 is 0. The van der Waals surface area contributed by atoms with Crippen molar-refractivity contribution in [2.75, 3.05) is 29.9 Å². The van der Waals surface area contributed by atoms with Gasteiger partial charge < -0.3 is 15.5 Å². The van der Waals surface area contributed by atoms with Crippen molar-refractivity contribution in [3.8, 4) is 0 Å². The number of amides is 1. The van der Waals surface area contributed by atoms with Crippen molar-refractivity contribution < 1.29 is 4.79 Å². The molecule has 144 valence electrons. The van der Waals surface area contributed by atoms with Crippen LogP contribution >= 0.6 is 0 Å². The molecule has 0 radical (unpaired) electrons. The first-order valence-corrected chi connectivity index (χ1v) is 9.73. The monoisotopic (exact) mass is 367 g/mol. The molecular formula is C21H29N5O. The molecule has 0 aliphatic carbocycles. The van der Waals surface area contributed by atoms with E-state index in [0.29, 0.717) is 24.0 Å². The second-order valence-electron chi connectivity index (χ2n) is 7.73. The van der Waals surface area contributed by atoms with Gasteiger partial charge in [0, 0.05) is 31.0 Å². The number of anilines is 3. The number of carbonyl (C=O) groups is 1. The van der Waals surface area contributed by atoms with Crippen molar-refractivity contribution >= 4 is 23.1 Å². The summed E-state index contributed by atoms with van der Waals surface area (Å²) < 4.78 is 0. The molecular weight excluding hydrogens is 338 g/mol. The first kappa shape index (κ1) is 19.1. The fourth-order valence-corrected chi connectivity index (χ4v) is 3.07. The second kappa shape index (κ2) is 8.84. The quantitative estimate of drug-likeness (QED) is 0.812. The molecule has 6 nitrogen and oxygen atoms in total. The summed E-state index contributed by atoms with van der Waals surface area (Å²) in [7, 11) is 0. The fourth-order valence-electron chi connectivity index (χ4n) is 3.07. The van der Waals surface area contributed by atoms with Crippen LogP contribution in [0.3, 0.4) is 0 Å². The van der Waals surface area contributed by atoms with Crippen molar-refractivity contribution in [1.82, 2.24) is 15.3 Å². The number of hydrogen-bond donors (Lipinski definition) is 2. The molecule has 1 aliphatic rings. The van der Waals surface area contributed by atoms with Gasteiger partial charge in [-0.25, -0.2) is 9.97 Å². The van der Waals surface area contributed by atoms with Crippen molar-refractivity contribution in [1.29, 1.82) is 0 Å². The van der Waals surface area contributed by atoms with E-state index in [1.54, 1.807) is 6.20 Å². The van der Waals surface area contributed by atoms with E-state index in [1.807, 2.05) is 0 Å². The standard InChI is InChI=1S/C21H29N5O/c1-15(2)12-24-21(27)19-13-23-20(14-22-19)25-17-4-6-18(7-5-17)26-10-8-16(3)9-11-26/h4-7,13-16H,8-12H2,1-3H3,(H,23,25)(H,24,27). The van der Waals surface area contributed by atoms with Gasteiger partial charge in [-0.1, -0.05) is 20.8 Å². The Morgan fingerprint density at radius 2 is 1.85 bits per heavy atom. The maximum Gasteiger partial charge on any atom is 0.271 e. The molecule has 2 N–H and O–H groups in total. The second-order valence-corrected chi connectivity index (χ2v) is 7.73. The summed E-state index contributed by atoms with van der Waals surface area (Å²) in [5, 5.41) is 6.07. The highest BCUT2D eigenvalue weighted by Gasteiger charge is 2.15. The number of piperidine rings is 1. The average molecular weight is 367 g/mol. The minimum atomic E-state index is -0.192. The Labute approximate surface area is 161 Å². The van der Waals surface area contributed by atoms with E-state index >= 15 is 0 Å². The van der Waals surface area contributed by atoms with Gasteiger partial charge in [0.25, 0.3) is 5.91 Å². The van der Waals surface area contributed by atoms with Gasteiger partial charge in [0.1, 0.15) is 11.5 Å². The maximum atomic E-state index is 12.0. The van der Waals surface area contributed by atoms with Crippen LogP contribution in [-0.2, 0) is 0 Å². The van der Waals surface area contributed by atoms with Gasteiger partial charge in [0.2, 0.25) is 0 Å². The first-order chi connectivity index (χ1) is 13.0. The Balaban J connectivity index is 1.56. The van der Waals surface area contributed by atoms with Crippen LogP contribution in [0.2, 0.25) is 0 Å². The Bertz CT molecular complexity index is 734. The Hall–Kier alpha value is -2.63. The van der Waals surface area contributed by atoms with Gasteiger partial charge in [0.15, 0.2) is 0 Å². The average Bonchev–Trinajstić information content (AvgIpc) is 2.68. The van der Waals surface area contributed by atoms with E-state index in [4.69, 9.17) is 0 Å². The van der Waals surface area contributed by atoms with Crippen LogP contribution in [0.4, 0.5) is 17.2 Å². The van der Waals surface area contributed by atoms with E-state index in [2.05, 4.69) is 70.5 Å². The van der Waals surface area contributed by atoms with Gasteiger partial charge in [-0.2, -0.15) is 0 Å². The molecule has 0 saturated carbocycles. The van der Waals surface area contributed by atoms with Gasteiger partial charge in [-0.15, -0.1) is 0 Å². The van der Waals surface area contributed by atoms with Crippen LogP contribution in [0.1, 0.15) is 44.1 Å². The smallest absolute Gasteiger partial charge is 0.271 e. The number of nitrogens with one attached hydrogen (secondary N) is 2. The lowest BCUT2D eigenvalue weighted by molar-refractivity contribution is 0.0943. The molecule has 1 aromatic heterocycles. The summed E-state index contributed by atoms with van der Waals surface area (Å²) in [6, 6.07) is 8.38. The number of rotatable bonds is 6. The zero-order valence-electron chi connectivity index (χ0n) is 16.4. The minimum Gasteiger partial charge on any atom is -0.372 e. The van der Waals surface area contributed by atoms with Gasteiger partial charge in [0.05, 0.1) is 12.4 Å². The molecule has 27 heavy (non-hydrogen) atoms. The number of nitrogens with zero attached hydrogens (tertiary/aromatic N) is 3. The maximum absolute atomic E-state index is 12.0. The third kappa shape index (κ3) is 5.42. The molecule has 1 fully saturated rings. The lowest BCUT2D eigenvalue weighted by atomic mass is 9.99. The molecule has 2 aromatic rings. The highest BCUT2D eigenvalue weighted by molar-refractivity contribution is 5.92. The SMILES string of the molecule is CC(C)CNC(=O)c1cnc(Nc2ccc(N3CCC(C)CC3)cc2)cn1. The molecule has 0 spiro atoms. The van der Waals surface area contributed by atoms with Gasteiger partial charge in [-0.05, 0) is 48.9 Å². The summed E-state index contributed by atoms with van der Waals surface area (Å²) in [5.74, 6) is 1.66. The summed E-state index contributed by atoms with van der Waals surface area (Å²) in [4.78, 5) is 22.9. The lowest BCUT2D eigenvalue weighted by Gasteiger charge is -2.32. The van der Waals surface area contributed by atoms with E-state index in [0.717, 1.165) is 24.7 Å². The number of hydrogen-bond acceptors (Lipinski definition) is 5. The minimum absolute atomic E-state index is 0.192. The molecule has 3 rings (SSSR count). The van der Waals surface area contributed by atoms with Gasteiger partial charge in [-0.3, -0.25) is 4.79 Å². The molecule has 6 heteroatoms. The highest BCUT2D eigenvalue weighted by Crippen LogP contribution is 2.25. The molecule has 1 saturated heterocycles. The van der Waals surface area contributed by atoms with Crippen LogP contribution < -0.4 is 15.5 Å². The van der Waals surface area contributed by atoms with E-state index in [-0.39, 0.29) is 5.91 Å². The van der Waals surface area contributed by atoms with E-state index < -0.39 is 0 Å². The molecule has 0 bridgehead atoms. The Morgan fingerprint density at radius 3 is 2.44 bits per heavy atom. The van der Waals surface area contributed by atoms with E-state index in [1.165, 1.54) is 24.7 Å². The Kier molecular flexibility index (Phi) is 6.27. The van der Waals surface area contributed by atoms with Crippen LogP contribution in [0, 0.1) is 11.8 Å². The predicted molar refractivity (Wildman–Crippen MR) is 110 cm³/mol. The van der Waals surface area contributed by atoms with Crippen molar-refractivity contribution in [2.45, 2.75) is 33.6 Å². The molecule has 2 heterocycles. The Morgan fingerprint density at radius 1 is 1.15 bits per heavy atom. The van der Waals surface area contributed by atoms with Crippen LogP contribution in [-0.4, -0.2) is 35.5 Å². The van der Waals surface area contributed by atoms with Crippen molar-refractivity contribution in [3.63, 3.8) is 0 Å². The zero-order valence-corrected chi connectivity index (χ0v) is 16.4. The van der Waals surface area contributed by atoms with Crippen LogP contribution in [0.25, 0.3) is 0 Å². The number of aromatic nitrogens is 2. The fraction of sp³-hybridized carbons (Fsp3) is 0.476. The summed E-state index contributed by atoms with van der Waals surface area (Å²) in [5.41, 5.74) is 2.54. The summed E-state index contributed by atoms with van der Waals surface area (Å²) in [6.45, 7) is 9.30. The third-order valence-electron chi connectivity index (χ3n) is 4.84. The normalized spacial score (nSPS) is 15.0. The molecule has 0 atom stereocenters. The molecule has 0 unspecified atom stereocenters. The van der Waals surface area contributed by atoms with Crippen molar-refractivity contribution in [3.05, 3.63) is 42.4 Å². The van der Waals surface area contributed by atoms with Crippen molar-refractivity contribution in [2.24, 2.45) is 11.8 Å². The summed E-state index contributed by atoms with van der Waals surface area (Å²) in [6.07, 6.45) is 5.60. The third-order valence-corrected chi connectivity index (χ3v) is 4.84. The highest BCUT2D eigenvalue weighted by atomic mass is 16.1. The van der Waals surface area contributed by atoms with Crippen LogP contribution in [0.15, 0.2) is 36.7 Å². The van der Waals surface area contributed by atoms with Crippen LogP contribution in [0.5, 0.6) is 0 Å². The zero-order chi connectivity index (χ0) is 19.2. The lowest BCUT2D eigenvalue weighted by Crippen LogP contribution is -2.32.